The number of benzene rings is 2. The van der Waals surface area contributed by atoms with Crippen molar-refractivity contribution < 1.29 is 0 Å². The molecule has 0 spiro atoms. The Bertz CT molecular complexity index is 1180. The Balaban J connectivity index is 1.56. The van der Waals surface area contributed by atoms with Crippen LogP contribution in [-0.2, 0) is 6.42 Å². The summed E-state index contributed by atoms with van der Waals surface area (Å²) in [5.41, 5.74) is 9.22. The predicted octanol–water partition coefficient (Wildman–Crippen LogP) is 7.36. The fraction of sp³-hybridized carbons (Fsp3) is 0.303. The van der Waals surface area contributed by atoms with Crippen LogP contribution in [-0.4, -0.2) is 18.1 Å². The molecule has 35 heavy (non-hydrogen) atoms. The molecule has 2 heteroatoms. The van der Waals surface area contributed by atoms with E-state index in [4.69, 9.17) is 0 Å². The number of nitrogens with zero attached hydrogens (tertiary/aromatic N) is 1. The number of hydrogen-bond acceptors (Lipinski definition) is 2. The average Bonchev–Trinajstić information content (AvgIpc) is 2.85. The summed E-state index contributed by atoms with van der Waals surface area (Å²) in [5, 5.41) is 3.59. The summed E-state index contributed by atoms with van der Waals surface area (Å²) in [6.07, 6.45) is 10.2. The molecule has 1 heterocycles. The Morgan fingerprint density at radius 2 is 1.63 bits per heavy atom. The smallest absolute Gasteiger partial charge is 0.116 e. The summed E-state index contributed by atoms with van der Waals surface area (Å²) in [5.74, 6) is 7.18. The lowest BCUT2D eigenvalue weighted by Gasteiger charge is -2.14. The van der Waals surface area contributed by atoms with Gasteiger partial charge in [0.1, 0.15) is 5.69 Å². The molecule has 0 radical (unpaired) electrons. The molecule has 0 aliphatic heterocycles. The van der Waals surface area contributed by atoms with Gasteiger partial charge in [0.15, 0.2) is 0 Å². The summed E-state index contributed by atoms with van der Waals surface area (Å²) in [6, 6.07) is 17.2. The minimum absolute atomic E-state index is 0.599. The largest absolute Gasteiger partial charge is 0.316 e. The molecule has 0 aliphatic carbocycles. The first-order chi connectivity index (χ1) is 17.0. The maximum Gasteiger partial charge on any atom is 0.116 e. The minimum atomic E-state index is 0.599. The molecule has 0 saturated heterocycles. The Morgan fingerprint density at radius 1 is 0.886 bits per heavy atom. The van der Waals surface area contributed by atoms with Crippen molar-refractivity contribution in [2.75, 3.05) is 13.1 Å². The number of pyridine rings is 1. The summed E-state index contributed by atoms with van der Waals surface area (Å²) < 4.78 is 0. The number of aryl methyl sites for hydroxylation is 4. The molecule has 0 atom stereocenters. The second-order valence-corrected chi connectivity index (χ2v) is 9.37. The van der Waals surface area contributed by atoms with Crippen LogP contribution in [0.1, 0.15) is 52.8 Å². The molecule has 2 nitrogen and oxygen atoms in total. The van der Waals surface area contributed by atoms with Crippen molar-refractivity contribution in [2.45, 2.75) is 46.5 Å². The van der Waals surface area contributed by atoms with E-state index in [0.29, 0.717) is 5.92 Å². The van der Waals surface area contributed by atoms with Crippen LogP contribution in [0.4, 0.5) is 0 Å². The Kier molecular flexibility index (Phi) is 10.1. The molecule has 0 aliphatic rings. The van der Waals surface area contributed by atoms with Crippen molar-refractivity contribution in [3.63, 3.8) is 0 Å². The zero-order chi connectivity index (χ0) is 25.0. The topological polar surface area (TPSA) is 24.9 Å². The first kappa shape index (κ1) is 26.2. The molecule has 2 aromatic carbocycles. The van der Waals surface area contributed by atoms with Crippen molar-refractivity contribution in [3.05, 3.63) is 114 Å². The van der Waals surface area contributed by atoms with Crippen LogP contribution in [0.15, 0.2) is 80.0 Å². The Labute approximate surface area is 212 Å². The van der Waals surface area contributed by atoms with E-state index in [-0.39, 0.29) is 0 Å². The van der Waals surface area contributed by atoms with Crippen molar-refractivity contribution in [2.24, 2.45) is 5.92 Å². The third-order valence-electron chi connectivity index (χ3n) is 6.36. The fourth-order valence-corrected chi connectivity index (χ4v) is 4.24. The number of allylic oxidation sites excluding steroid dienone is 2. The molecule has 3 rings (SSSR count). The van der Waals surface area contributed by atoms with Gasteiger partial charge in [0.05, 0.1) is 0 Å². The standard InChI is InChI=1S/C33H38N2/c1-6-9-29(10-7-2)23-34-20-8-11-30-18-14-28(21-26(30)4)15-19-33-27(5)22-32(24-35-33)31-16-12-25(3)13-17-31/h6-7,12-14,16-18,21-22,24,29,34H,1-2,8-11,20,23H2,3-5H3. The van der Waals surface area contributed by atoms with Crippen molar-refractivity contribution in [3.8, 4) is 23.0 Å². The second-order valence-electron chi connectivity index (χ2n) is 9.37. The predicted molar refractivity (Wildman–Crippen MR) is 151 cm³/mol. The highest BCUT2D eigenvalue weighted by Gasteiger charge is 2.05. The van der Waals surface area contributed by atoms with Crippen LogP contribution < -0.4 is 5.32 Å². The highest BCUT2D eigenvalue weighted by atomic mass is 14.8. The number of aromatic nitrogens is 1. The van der Waals surface area contributed by atoms with Crippen molar-refractivity contribution >= 4 is 0 Å². The third kappa shape index (κ3) is 8.09. The lowest BCUT2D eigenvalue weighted by molar-refractivity contribution is 0.482. The first-order valence-electron chi connectivity index (χ1n) is 12.6. The number of hydrogen-bond donors (Lipinski definition) is 1. The van der Waals surface area contributed by atoms with Gasteiger partial charge in [-0.2, -0.15) is 0 Å². The van der Waals surface area contributed by atoms with Crippen LogP contribution in [0.3, 0.4) is 0 Å². The molecule has 0 bridgehead atoms. The van der Waals surface area contributed by atoms with Crippen molar-refractivity contribution in [1.82, 2.24) is 10.3 Å². The van der Waals surface area contributed by atoms with Gasteiger partial charge in [0.2, 0.25) is 0 Å². The van der Waals surface area contributed by atoms with Gasteiger partial charge in [0, 0.05) is 17.3 Å². The van der Waals surface area contributed by atoms with Gasteiger partial charge in [-0.3, -0.25) is 0 Å². The van der Waals surface area contributed by atoms with E-state index in [0.717, 1.165) is 61.2 Å². The summed E-state index contributed by atoms with van der Waals surface area (Å²) >= 11 is 0. The fourth-order valence-electron chi connectivity index (χ4n) is 4.24. The lowest BCUT2D eigenvalue weighted by atomic mass is 10.00. The van der Waals surface area contributed by atoms with E-state index in [2.05, 4.69) is 105 Å². The minimum Gasteiger partial charge on any atom is -0.316 e. The highest BCUT2D eigenvalue weighted by molar-refractivity contribution is 5.64. The van der Waals surface area contributed by atoms with E-state index in [1.807, 2.05) is 18.3 Å². The summed E-state index contributed by atoms with van der Waals surface area (Å²) in [6.45, 7) is 16.1. The van der Waals surface area contributed by atoms with E-state index in [9.17, 15) is 0 Å². The van der Waals surface area contributed by atoms with Gasteiger partial charge >= 0.3 is 0 Å². The van der Waals surface area contributed by atoms with Crippen molar-refractivity contribution in [1.29, 1.82) is 0 Å². The maximum atomic E-state index is 4.63. The SMILES string of the molecule is C=CCC(CC=C)CNCCCc1ccc(C#Cc2ncc(-c3ccc(C)cc3)cc2C)cc1C. The van der Waals surface area contributed by atoms with Gasteiger partial charge < -0.3 is 5.32 Å². The molecule has 0 unspecified atom stereocenters. The van der Waals surface area contributed by atoms with E-state index in [1.54, 1.807) is 0 Å². The molecule has 0 amide bonds. The van der Waals surface area contributed by atoms with Gasteiger partial charge in [0.25, 0.3) is 0 Å². The Morgan fingerprint density at radius 3 is 2.29 bits per heavy atom. The van der Waals surface area contributed by atoms with Crippen LogP contribution >= 0.6 is 0 Å². The van der Waals surface area contributed by atoms with E-state index in [1.165, 1.54) is 22.3 Å². The average molecular weight is 463 g/mol. The molecule has 1 N–H and O–H groups in total. The van der Waals surface area contributed by atoms with Crippen LogP contribution in [0.2, 0.25) is 0 Å². The highest BCUT2D eigenvalue weighted by Crippen LogP contribution is 2.21. The molecular formula is C33H38N2. The molecule has 180 valence electrons. The van der Waals surface area contributed by atoms with Gasteiger partial charge in [-0.25, -0.2) is 4.98 Å². The summed E-state index contributed by atoms with van der Waals surface area (Å²) in [4.78, 5) is 4.63. The number of rotatable bonds is 11. The van der Waals surface area contributed by atoms with E-state index >= 15 is 0 Å². The van der Waals surface area contributed by atoms with Crippen LogP contribution in [0.25, 0.3) is 11.1 Å². The van der Waals surface area contributed by atoms with Gasteiger partial charge in [-0.1, -0.05) is 54.0 Å². The maximum absolute atomic E-state index is 4.63. The van der Waals surface area contributed by atoms with Gasteiger partial charge in [-0.15, -0.1) is 13.2 Å². The molecule has 3 aromatic rings. The first-order valence-corrected chi connectivity index (χ1v) is 12.6. The van der Waals surface area contributed by atoms with E-state index < -0.39 is 0 Å². The zero-order valence-electron chi connectivity index (χ0n) is 21.5. The molecular weight excluding hydrogens is 424 g/mol. The van der Waals surface area contributed by atoms with Crippen LogP contribution in [0, 0.1) is 38.5 Å². The normalized spacial score (nSPS) is 10.6. The van der Waals surface area contributed by atoms with Gasteiger partial charge in [-0.05, 0) is 112 Å². The Hall–Kier alpha value is -3.41. The molecule has 0 fully saturated rings. The summed E-state index contributed by atoms with van der Waals surface area (Å²) in [7, 11) is 0. The monoisotopic (exact) mass is 462 g/mol. The lowest BCUT2D eigenvalue weighted by Crippen LogP contribution is -2.23. The second kappa shape index (κ2) is 13.5. The van der Waals surface area contributed by atoms with Crippen LogP contribution in [0.5, 0.6) is 0 Å². The molecule has 0 saturated carbocycles. The quantitative estimate of drug-likeness (QED) is 0.183. The number of nitrogens with one attached hydrogen (secondary N) is 1. The molecule has 1 aromatic heterocycles. The zero-order valence-corrected chi connectivity index (χ0v) is 21.5. The third-order valence-corrected chi connectivity index (χ3v) is 6.36.